The zero-order valence-corrected chi connectivity index (χ0v) is 13.7. The van der Waals surface area contributed by atoms with Crippen molar-refractivity contribution in [3.05, 3.63) is 24.3 Å². The van der Waals surface area contributed by atoms with E-state index in [2.05, 4.69) is 18.7 Å². The standard InChI is InChI=1S/C17H27NO4/c1-4-20-16-5-7-17(8-6-16)22-12-15(19)10-18-9-14(3)21-11-13(18)2/h5-8,13-15,19H,4,9-12H2,1-3H3/t13-,14+,15+/m0/s1. The molecule has 1 saturated heterocycles. The first-order valence-corrected chi connectivity index (χ1v) is 7.97. The lowest BCUT2D eigenvalue weighted by Crippen LogP contribution is -2.50. The zero-order chi connectivity index (χ0) is 15.9. The summed E-state index contributed by atoms with van der Waals surface area (Å²) < 4.78 is 16.6. The topological polar surface area (TPSA) is 51.2 Å². The molecule has 5 heteroatoms. The first kappa shape index (κ1) is 17.1. The lowest BCUT2D eigenvalue weighted by molar-refractivity contribution is -0.0650. The van der Waals surface area contributed by atoms with Crippen molar-refractivity contribution in [3.8, 4) is 11.5 Å². The van der Waals surface area contributed by atoms with Gasteiger partial charge in [-0.2, -0.15) is 0 Å². The maximum absolute atomic E-state index is 10.2. The van der Waals surface area contributed by atoms with E-state index in [9.17, 15) is 5.11 Å². The second-order valence-corrected chi connectivity index (χ2v) is 5.82. The van der Waals surface area contributed by atoms with Gasteiger partial charge in [0, 0.05) is 19.1 Å². The Bertz CT molecular complexity index is 437. The van der Waals surface area contributed by atoms with Crippen molar-refractivity contribution in [2.24, 2.45) is 0 Å². The lowest BCUT2D eigenvalue weighted by atomic mass is 10.2. The van der Waals surface area contributed by atoms with Gasteiger partial charge in [-0.3, -0.25) is 4.90 Å². The molecule has 0 spiro atoms. The Kier molecular flexibility index (Phi) is 6.49. The molecule has 0 aromatic heterocycles. The summed E-state index contributed by atoms with van der Waals surface area (Å²) in [5, 5.41) is 10.2. The smallest absolute Gasteiger partial charge is 0.119 e. The highest BCUT2D eigenvalue weighted by molar-refractivity contribution is 5.31. The minimum absolute atomic E-state index is 0.218. The Morgan fingerprint density at radius 2 is 1.86 bits per heavy atom. The summed E-state index contributed by atoms with van der Waals surface area (Å²) in [6, 6.07) is 7.79. The Morgan fingerprint density at radius 1 is 1.23 bits per heavy atom. The highest BCUT2D eigenvalue weighted by Gasteiger charge is 2.25. The lowest BCUT2D eigenvalue weighted by Gasteiger charge is -2.37. The first-order valence-electron chi connectivity index (χ1n) is 7.97. The molecule has 1 aliphatic rings. The van der Waals surface area contributed by atoms with Gasteiger partial charge in [-0.25, -0.2) is 0 Å². The Labute approximate surface area is 132 Å². The summed E-state index contributed by atoms with van der Waals surface area (Å²) in [4.78, 5) is 2.25. The summed E-state index contributed by atoms with van der Waals surface area (Å²) in [7, 11) is 0. The van der Waals surface area contributed by atoms with Crippen molar-refractivity contribution >= 4 is 0 Å². The second kappa shape index (κ2) is 8.36. The number of morpholine rings is 1. The molecule has 2 rings (SSSR count). The van der Waals surface area contributed by atoms with Gasteiger partial charge in [0.2, 0.25) is 0 Å². The zero-order valence-electron chi connectivity index (χ0n) is 13.7. The SMILES string of the molecule is CCOc1ccc(OC[C@H](O)CN2C[C@@H](C)OC[C@@H]2C)cc1. The molecule has 1 N–H and O–H groups in total. The number of β-amino-alcohol motifs (C(OH)–C–C–N with tert-alkyl or cyclic N) is 1. The fourth-order valence-corrected chi connectivity index (χ4v) is 2.54. The minimum atomic E-state index is -0.515. The van der Waals surface area contributed by atoms with E-state index in [1.807, 2.05) is 31.2 Å². The average Bonchev–Trinajstić information content (AvgIpc) is 2.51. The Hall–Kier alpha value is -1.30. The molecule has 1 aromatic rings. The number of nitrogens with zero attached hydrogens (tertiary/aromatic N) is 1. The number of aliphatic hydroxyl groups is 1. The highest BCUT2D eigenvalue weighted by atomic mass is 16.5. The molecule has 3 atom stereocenters. The van der Waals surface area contributed by atoms with Crippen LogP contribution < -0.4 is 9.47 Å². The number of benzene rings is 1. The van der Waals surface area contributed by atoms with Gasteiger partial charge in [0.05, 0.1) is 19.3 Å². The van der Waals surface area contributed by atoms with Crippen LogP contribution >= 0.6 is 0 Å². The van der Waals surface area contributed by atoms with Crippen LogP contribution in [0.2, 0.25) is 0 Å². The van der Waals surface area contributed by atoms with Crippen molar-refractivity contribution in [1.29, 1.82) is 0 Å². The summed E-state index contributed by atoms with van der Waals surface area (Å²) in [6.45, 7) is 9.23. The maximum Gasteiger partial charge on any atom is 0.119 e. The van der Waals surface area contributed by atoms with Gasteiger partial charge in [0.25, 0.3) is 0 Å². The van der Waals surface area contributed by atoms with Gasteiger partial charge < -0.3 is 19.3 Å². The molecular formula is C17H27NO4. The van der Waals surface area contributed by atoms with Crippen molar-refractivity contribution in [2.45, 2.75) is 39.0 Å². The van der Waals surface area contributed by atoms with Gasteiger partial charge in [0.1, 0.15) is 24.2 Å². The molecule has 0 radical (unpaired) electrons. The van der Waals surface area contributed by atoms with E-state index in [0.717, 1.165) is 18.0 Å². The van der Waals surface area contributed by atoms with E-state index in [1.165, 1.54) is 0 Å². The molecule has 1 aliphatic heterocycles. The van der Waals surface area contributed by atoms with Crippen molar-refractivity contribution in [3.63, 3.8) is 0 Å². The van der Waals surface area contributed by atoms with Crippen molar-refractivity contribution in [1.82, 2.24) is 4.90 Å². The number of aliphatic hydroxyl groups excluding tert-OH is 1. The predicted octanol–water partition coefficient (Wildman–Crippen LogP) is 1.93. The monoisotopic (exact) mass is 309 g/mol. The number of hydrogen-bond acceptors (Lipinski definition) is 5. The van der Waals surface area contributed by atoms with Gasteiger partial charge in [-0.15, -0.1) is 0 Å². The van der Waals surface area contributed by atoms with E-state index >= 15 is 0 Å². The summed E-state index contributed by atoms with van der Waals surface area (Å²) in [5.74, 6) is 1.57. The van der Waals surface area contributed by atoms with E-state index in [-0.39, 0.29) is 12.7 Å². The number of hydrogen-bond donors (Lipinski definition) is 1. The Balaban J connectivity index is 1.75. The molecule has 0 aliphatic carbocycles. The van der Waals surface area contributed by atoms with Crippen LogP contribution in [0.3, 0.4) is 0 Å². The van der Waals surface area contributed by atoms with Crippen LogP contribution in [0, 0.1) is 0 Å². The highest BCUT2D eigenvalue weighted by Crippen LogP contribution is 2.18. The van der Waals surface area contributed by atoms with Crippen LogP contribution in [0.1, 0.15) is 20.8 Å². The molecule has 1 fully saturated rings. The predicted molar refractivity (Wildman–Crippen MR) is 85.6 cm³/mol. The van der Waals surface area contributed by atoms with Gasteiger partial charge >= 0.3 is 0 Å². The van der Waals surface area contributed by atoms with E-state index in [4.69, 9.17) is 14.2 Å². The largest absolute Gasteiger partial charge is 0.494 e. The summed E-state index contributed by atoms with van der Waals surface area (Å²) in [6.07, 6.45) is -0.297. The molecule has 0 unspecified atom stereocenters. The third-order valence-corrected chi connectivity index (χ3v) is 3.76. The maximum atomic E-state index is 10.2. The van der Waals surface area contributed by atoms with Crippen LogP contribution in [0.15, 0.2) is 24.3 Å². The fraction of sp³-hybridized carbons (Fsp3) is 0.647. The molecular weight excluding hydrogens is 282 g/mol. The van der Waals surface area contributed by atoms with Crippen LogP contribution in [0.4, 0.5) is 0 Å². The second-order valence-electron chi connectivity index (χ2n) is 5.82. The Morgan fingerprint density at radius 3 is 2.50 bits per heavy atom. The van der Waals surface area contributed by atoms with Crippen molar-refractivity contribution in [2.75, 3.05) is 32.9 Å². The van der Waals surface area contributed by atoms with E-state index < -0.39 is 6.10 Å². The van der Waals surface area contributed by atoms with Crippen LogP contribution in [0.5, 0.6) is 11.5 Å². The molecule has 0 amide bonds. The number of ether oxygens (including phenoxy) is 3. The van der Waals surface area contributed by atoms with Gasteiger partial charge in [-0.1, -0.05) is 0 Å². The molecule has 22 heavy (non-hydrogen) atoms. The molecule has 1 aromatic carbocycles. The minimum Gasteiger partial charge on any atom is -0.494 e. The van der Waals surface area contributed by atoms with Gasteiger partial charge in [-0.05, 0) is 45.0 Å². The molecule has 124 valence electrons. The number of rotatable bonds is 7. The quantitative estimate of drug-likeness (QED) is 0.834. The summed E-state index contributed by atoms with van der Waals surface area (Å²) >= 11 is 0. The first-order chi connectivity index (χ1) is 10.6. The molecule has 0 saturated carbocycles. The summed E-state index contributed by atoms with van der Waals surface area (Å²) in [5.41, 5.74) is 0. The van der Waals surface area contributed by atoms with Crippen molar-refractivity contribution < 1.29 is 19.3 Å². The third kappa shape index (κ3) is 5.16. The van der Waals surface area contributed by atoms with E-state index in [0.29, 0.717) is 25.8 Å². The molecule has 5 nitrogen and oxygen atoms in total. The normalized spacial score (nSPS) is 24.0. The third-order valence-electron chi connectivity index (χ3n) is 3.76. The average molecular weight is 309 g/mol. The van der Waals surface area contributed by atoms with Crippen LogP contribution in [-0.2, 0) is 4.74 Å². The van der Waals surface area contributed by atoms with E-state index in [1.54, 1.807) is 0 Å². The molecule has 0 bridgehead atoms. The van der Waals surface area contributed by atoms with Crippen LogP contribution in [0.25, 0.3) is 0 Å². The fourth-order valence-electron chi connectivity index (χ4n) is 2.54. The molecule has 1 heterocycles. The van der Waals surface area contributed by atoms with Gasteiger partial charge in [0.15, 0.2) is 0 Å². The van der Waals surface area contributed by atoms with Crippen LogP contribution in [-0.4, -0.2) is 61.2 Å².